The number of carbonyl (C=O) groups excluding carboxylic acids is 4. The van der Waals surface area contributed by atoms with Gasteiger partial charge in [-0.25, -0.2) is 9.13 Å². The summed E-state index contributed by atoms with van der Waals surface area (Å²) in [5.41, 5.74) is 6.65. The van der Waals surface area contributed by atoms with Gasteiger partial charge < -0.3 is 30.2 Å². The number of carbonyl (C=O) groups is 4. The van der Waals surface area contributed by atoms with Crippen molar-refractivity contribution in [1.82, 2.24) is 0 Å². The van der Waals surface area contributed by atoms with Gasteiger partial charge in [-0.05, 0) is 161 Å². The van der Waals surface area contributed by atoms with Crippen LogP contribution < -0.4 is 20.4 Å². The van der Waals surface area contributed by atoms with E-state index in [9.17, 15) is 38.1 Å². The Hall–Kier alpha value is -5.96. The molecule has 4 atom stereocenters. The second-order valence-corrected chi connectivity index (χ2v) is 21.2. The summed E-state index contributed by atoms with van der Waals surface area (Å²) >= 11 is 12.9. The number of anilines is 4. The highest BCUT2D eigenvalue weighted by Gasteiger charge is 2.42. The molecule has 0 aliphatic carbocycles. The van der Waals surface area contributed by atoms with Crippen molar-refractivity contribution in [1.29, 1.82) is 0 Å². The zero-order chi connectivity index (χ0) is 50.8. The lowest BCUT2D eigenvalue weighted by Crippen LogP contribution is -2.32. The number of nitrogens with zero attached hydrogens (tertiary/aromatic N) is 2. The smallest absolute Gasteiger partial charge is 0.322 e. The van der Waals surface area contributed by atoms with Gasteiger partial charge in [0.15, 0.2) is 0 Å². The number of aryl methyl sites for hydroxylation is 4. The van der Waals surface area contributed by atoms with Gasteiger partial charge in [-0.3, -0.25) is 28.2 Å². The number of rotatable bonds is 12. The number of hydrogen-bond donors (Lipinski definition) is 4. The molecule has 0 saturated heterocycles. The molecule has 4 amide bonds. The van der Waals surface area contributed by atoms with E-state index in [1.54, 1.807) is 98.8 Å². The Kier molecular flexibility index (Phi) is 15.5. The molecule has 4 unspecified atom stereocenters. The van der Waals surface area contributed by atoms with Crippen LogP contribution in [0.2, 0.25) is 10.0 Å². The van der Waals surface area contributed by atoms with Crippen molar-refractivity contribution in [3.8, 4) is 0 Å². The molecule has 2 aliphatic rings. The molecule has 0 aromatic heterocycles. The van der Waals surface area contributed by atoms with Crippen LogP contribution in [0.5, 0.6) is 0 Å². The molecular weight excluding hydrogens is 989 g/mol. The van der Waals surface area contributed by atoms with E-state index >= 15 is 0 Å². The van der Waals surface area contributed by atoms with Crippen LogP contribution in [0.1, 0.15) is 113 Å². The summed E-state index contributed by atoms with van der Waals surface area (Å²) in [6.07, 6.45) is -1.79. The van der Waals surface area contributed by atoms with Gasteiger partial charge in [0.25, 0.3) is 23.6 Å². The van der Waals surface area contributed by atoms with Gasteiger partial charge >= 0.3 is 15.6 Å². The van der Waals surface area contributed by atoms with Crippen LogP contribution in [0.4, 0.5) is 22.7 Å². The highest BCUT2D eigenvalue weighted by Crippen LogP contribution is 2.65. The van der Waals surface area contributed by atoms with E-state index in [0.717, 1.165) is 11.1 Å². The number of fused-ring (bicyclic) bond motifs is 2. The third kappa shape index (κ3) is 11.9. The Balaban J connectivity index is 0.962. The minimum absolute atomic E-state index is 0.0764. The van der Waals surface area contributed by atoms with E-state index in [4.69, 9.17) is 36.6 Å². The summed E-state index contributed by atoms with van der Waals surface area (Å²) < 4.78 is 43.8. The van der Waals surface area contributed by atoms with Gasteiger partial charge in [0.05, 0.1) is 12.2 Å². The van der Waals surface area contributed by atoms with E-state index < -0.39 is 39.7 Å². The first-order valence-corrected chi connectivity index (χ1v) is 26.4. The van der Waals surface area contributed by atoms with Crippen LogP contribution in [-0.4, -0.2) is 46.5 Å². The van der Waals surface area contributed by atoms with Crippen LogP contribution in [0.3, 0.4) is 0 Å². The Labute approximate surface area is 420 Å². The number of phosphoric ester groups is 2. The highest BCUT2D eigenvalue weighted by molar-refractivity contribution is 7.61. The zero-order valence-corrected chi connectivity index (χ0v) is 42.4. The minimum Gasteiger partial charge on any atom is -0.322 e. The summed E-state index contributed by atoms with van der Waals surface area (Å²) in [4.78, 5) is 79.8. The maximum Gasteiger partial charge on any atom is 0.481 e. The summed E-state index contributed by atoms with van der Waals surface area (Å²) in [6, 6.07) is 33.5. The van der Waals surface area contributed by atoms with Gasteiger partial charge in [0.1, 0.15) is 0 Å². The van der Waals surface area contributed by atoms with Crippen LogP contribution in [0, 0.1) is 27.7 Å². The first kappa shape index (κ1) is 51.4. The Morgan fingerprint density at radius 3 is 1.31 bits per heavy atom. The van der Waals surface area contributed by atoms with Crippen molar-refractivity contribution in [2.45, 2.75) is 65.6 Å². The molecule has 6 aromatic carbocycles. The maximum absolute atomic E-state index is 14.3. The van der Waals surface area contributed by atoms with Crippen LogP contribution in [-0.2, 0) is 22.5 Å². The molecular formula is C52H50Cl2N4O11P2. The minimum atomic E-state index is -5.44. The molecule has 4 N–H and O–H groups in total. The van der Waals surface area contributed by atoms with Crippen LogP contribution in [0.25, 0.3) is 0 Å². The first-order chi connectivity index (χ1) is 33.8. The van der Waals surface area contributed by atoms with Gasteiger partial charge in [-0.2, -0.15) is 4.31 Å². The average Bonchev–Trinajstić information content (AvgIpc) is 3.59. The summed E-state index contributed by atoms with van der Waals surface area (Å²) in [5, 5.41) is 6.23. The molecule has 368 valence electrons. The van der Waals surface area contributed by atoms with Gasteiger partial charge in [0, 0.05) is 79.3 Å². The molecule has 19 heteroatoms. The molecule has 0 spiro atoms. The SMILES string of the molecule is Cc1ccccc1C(=O)Nc1ccc(C(=O)N2CCCC(OP(=O)(O)OP(=O)(O)OC3CCCN(C(=O)c4ccc(NC(=O)c5ccccc5C)cc4C)c4ccc(Cl)cc43)c3cc(Cl)ccc32)c(C)c1. The van der Waals surface area contributed by atoms with E-state index in [1.807, 2.05) is 38.1 Å². The molecule has 0 fully saturated rings. The van der Waals surface area contributed by atoms with Crippen LogP contribution >= 0.6 is 38.8 Å². The second-order valence-electron chi connectivity index (χ2n) is 17.4. The van der Waals surface area contributed by atoms with E-state index in [2.05, 4.69) is 10.6 Å². The van der Waals surface area contributed by atoms with Crippen molar-refractivity contribution in [3.63, 3.8) is 0 Å². The monoisotopic (exact) mass is 1040 g/mol. The first-order valence-electron chi connectivity index (χ1n) is 22.7. The molecule has 0 radical (unpaired) electrons. The average molecular weight is 1040 g/mol. The standard InChI is InChI=1S/C52H50Cl2N4O11P2/c1-31-11-5-7-13-39(31)49(59)55-37-19-21-41(33(3)27-37)51(61)57-25-9-15-47(43-29-35(53)17-23-45(43)57)67-70(63,64)69-71(65,66)68-48-16-10-26-58(46-24-18-36(54)30-44(46)48)52(62)42-22-20-38(28-34(42)4)56-50(60)40-14-8-6-12-32(40)2/h5-8,11-14,17-24,27-30,47-48H,9-10,15-16,25-26H2,1-4H3,(H,55,59)(H,56,60)(H,63,64)(H,65,66). The third-order valence-corrected chi connectivity index (χ3v) is 15.5. The Morgan fingerprint density at radius 2 is 0.930 bits per heavy atom. The molecule has 0 bridgehead atoms. The van der Waals surface area contributed by atoms with E-state index in [0.29, 0.717) is 56.1 Å². The lowest BCUT2D eigenvalue weighted by Gasteiger charge is -2.27. The summed E-state index contributed by atoms with van der Waals surface area (Å²) in [6.45, 7) is 7.50. The Bertz CT molecular complexity index is 2980. The summed E-state index contributed by atoms with van der Waals surface area (Å²) in [5.74, 6) is -1.37. The van der Waals surface area contributed by atoms with Crippen molar-refractivity contribution < 1.29 is 51.5 Å². The normalized spacial score (nSPS) is 17.4. The van der Waals surface area contributed by atoms with Crippen molar-refractivity contribution in [2.75, 3.05) is 33.5 Å². The molecule has 0 saturated carbocycles. The van der Waals surface area contributed by atoms with Crippen molar-refractivity contribution >= 4 is 85.2 Å². The van der Waals surface area contributed by atoms with Gasteiger partial charge in [-0.1, -0.05) is 59.6 Å². The maximum atomic E-state index is 14.3. The predicted molar refractivity (Wildman–Crippen MR) is 274 cm³/mol. The molecule has 15 nitrogen and oxygen atoms in total. The second kappa shape index (κ2) is 21.4. The van der Waals surface area contributed by atoms with Gasteiger partial charge in [0.2, 0.25) is 0 Å². The fourth-order valence-electron chi connectivity index (χ4n) is 8.92. The number of halogens is 2. The largest absolute Gasteiger partial charge is 0.481 e. The number of nitrogens with one attached hydrogen (secondary N) is 2. The topological polar surface area (TPSA) is 201 Å². The molecule has 71 heavy (non-hydrogen) atoms. The van der Waals surface area contributed by atoms with E-state index in [-0.39, 0.29) is 71.8 Å². The highest BCUT2D eigenvalue weighted by atomic mass is 35.5. The van der Waals surface area contributed by atoms with Gasteiger partial charge in [-0.15, -0.1) is 0 Å². The lowest BCUT2D eigenvalue weighted by atomic mass is 10.0. The Morgan fingerprint density at radius 1 is 0.535 bits per heavy atom. The number of amides is 4. The number of phosphoric acid groups is 2. The molecule has 2 aliphatic heterocycles. The predicted octanol–water partition coefficient (Wildman–Crippen LogP) is 12.6. The van der Waals surface area contributed by atoms with Crippen molar-refractivity contribution in [2.24, 2.45) is 0 Å². The summed E-state index contributed by atoms with van der Waals surface area (Å²) in [7, 11) is -10.9. The van der Waals surface area contributed by atoms with Crippen molar-refractivity contribution in [3.05, 3.63) is 187 Å². The lowest BCUT2D eigenvalue weighted by molar-refractivity contribution is 0.0931. The fourth-order valence-corrected chi connectivity index (χ4v) is 11.7. The number of hydrogen-bond acceptors (Lipinski definition) is 9. The number of benzene rings is 6. The molecule has 8 rings (SSSR count). The molecule has 6 aromatic rings. The zero-order valence-electron chi connectivity index (χ0n) is 39.1. The van der Waals surface area contributed by atoms with Crippen LogP contribution in [0.15, 0.2) is 121 Å². The molecule has 2 heterocycles. The third-order valence-electron chi connectivity index (χ3n) is 12.4. The quantitative estimate of drug-likeness (QED) is 0.0850. The van der Waals surface area contributed by atoms with E-state index in [1.165, 1.54) is 21.9 Å². The fraction of sp³-hybridized carbons (Fsp3) is 0.231.